The van der Waals surface area contributed by atoms with E-state index >= 15 is 0 Å². The molecule has 0 spiro atoms. The molecule has 1 heterocycles. The molecular weight excluding hydrogens is 264 g/mol. The number of benzene rings is 1. The van der Waals surface area contributed by atoms with E-state index in [9.17, 15) is 13.5 Å². The van der Waals surface area contributed by atoms with E-state index < -0.39 is 16.1 Å². The van der Waals surface area contributed by atoms with E-state index in [1.165, 1.54) is 10.6 Å². The van der Waals surface area contributed by atoms with Crippen molar-refractivity contribution >= 4 is 10.0 Å². The first-order chi connectivity index (χ1) is 8.97. The third kappa shape index (κ3) is 4.01. The summed E-state index contributed by atoms with van der Waals surface area (Å²) in [6.45, 7) is 2.87. The SMILES string of the molecule is CS(=O)(=O)N1CCN(C[C@H](O)c2ccccc2)CC1. The predicted molar refractivity (Wildman–Crippen MR) is 74.3 cm³/mol. The van der Waals surface area contributed by atoms with Gasteiger partial charge in [-0.05, 0) is 5.56 Å². The molecule has 0 unspecified atom stereocenters. The fraction of sp³-hybridized carbons (Fsp3) is 0.538. The number of nitrogens with zero attached hydrogens (tertiary/aromatic N) is 2. The minimum absolute atomic E-state index is 0.500. The summed E-state index contributed by atoms with van der Waals surface area (Å²) in [7, 11) is -3.09. The van der Waals surface area contributed by atoms with Crippen molar-refractivity contribution in [3.63, 3.8) is 0 Å². The van der Waals surface area contributed by atoms with Crippen molar-refractivity contribution in [3.8, 4) is 0 Å². The second-order valence-corrected chi connectivity index (χ2v) is 6.87. The van der Waals surface area contributed by atoms with Gasteiger partial charge in [-0.2, -0.15) is 4.31 Å². The van der Waals surface area contributed by atoms with Crippen LogP contribution in [0.1, 0.15) is 11.7 Å². The third-order valence-electron chi connectivity index (χ3n) is 3.42. The van der Waals surface area contributed by atoms with Crippen LogP contribution in [0, 0.1) is 0 Å². The van der Waals surface area contributed by atoms with Crippen molar-refractivity contribution in [2.45, 2.75) is 6.10 Å². The number of hydrogen-bond donors (Lipinski definition) is 1. The molecule has 0 aliphatic carbocycles. The monoisotopic (exact) mass is 284 g/mol. The molecular formula is C13H20N2O3S. The number of aliphatic hydroxyl groups excluding tert-OH is 1. The summed E-state index contributed by atoms with van der Waals surface area (Å²) >= 11 is 0. The van der Waals surface area contributed by atoms with E-state index in [1.807, 2.05) is 30.3 Å². The molecule has 1 aromatic carbocycles. The quantitative estimate of drug-likeness (QED) is 0.864. The van der Waals surface area contributed by atoms with Crippen LogP contribution in [0.2, 0.25) is 0 Å². The number of piperazine rings is 1. The van der Waals surface area contributed by atoms with Crippen LogP contribution in [-0.4, -0.2) is 61.7 Å². The van der Waals surface area contributed by atoms with Crippen molar-refractivity contribution < 1.29 is 13.5 Å². The van der Waals surface area contributed by atoms with Gasteiger partial charge in [-0.3, -0.25) is 4.90 Å². The lowest BCUT2D eigenvalue weighted by atomic mass is 10.1. The molecule has 0 amide bonds. The molecule has 19 heavy (non-hydrogen) atoms. The average Bonchev–Trinajstić information content (AvgIpc) is 2.39. The first-order valence-corrected chi connectivity index (χ1v) is 8.22. The molecule has 1 aromatic rings. The number of aliphatic hydroxyl groups is 1. The van der Waals surface area contributed by atoms with E-state index in [0.29, 0.717) is 32.7 Å². The molecule has 1 aliphatic heterocycles. The van der Waals surface area contributed by atoms with Crippen LogP contribution in [0.25, 0.3) is 0 Å². The third-order valence-corrected chi connectivity index (χ3v) is 4.72. The van der Waals surface area contributed by atoms with E-state index in [1.54, 1.807) is 0 Å². The summed E-state index contributed by atoms with van der Waals surface area (Å²) in [5.74, 6) is 0. The van der Waals surface area contributed by atoms with Crippen LogP contribution in [0.15, 0.2) is 30.3 Å². The molecule has 1 N–H and O–H groups in total. The molecule has 1 aliphatic rings. The van der Waals surface area contributed by atoms with E-state index in [-0.39, 0.29) is 0 Å². The number of β-amino-alcohol motifs (C(OH)–C–C–N with tert-alkyl or cyclic N) is 1. The summed E-state index contributed by atoms with van der Waals surface area (Å²) < 4.78 is 24.3. The van der Waals surface area contributed by atoms with Gasteiger partial charge in [-0.15, -0.1) is 0 Å². The fourth-order valence-corrected chi connectivity index (χ4v) is 3.10. The van der Waals surface area contributed by atoms with Crippen LogP contribution in [0.3, 0.4) is 0 Å². The molecule has 0 aromatic heterocycles. The summed E-state index contributed by atoms with van der Waals surface area (Å²) in [5, 5.41) is 10.1. The fourth-order valence-electron chi connectivity index (χ4n) is 2.27. The Balaban J connectivity index is 1.86. The van der Waals surface area contributed by atoms with Crippen molar-refractivity contribution in [2.75, 3.05) is 39.0 Å². The van der Waals surface area contributed by atoms with Gasteiger partial charge < -0.3 is 5.11 Å². The maximum absolute atomic E-state index is 11.4. The minimum Gasteiger partial charge on any atom is -0.387 e. The highest BCUT2D eigenvalue weighted by atomic mass is 32.2. The van der Waals surface area contributed by atoms with E-state index in [4.69, 9.17) is 0 Å². The number of hydrogen-bond acceptors (Lipinski definition) is 4. The first kappa shape index (κ1) is 14.5. The smallest absolute Gasteiger partial charge is 0.211 e. The largest absolute Gasteiger partial charge is 0.387 e. The highest BCUT2D eigenvalue weighted by molar-refractivity contribution is 7.88. The van der Waals surface area contributed by atoms with Crippen molar-refractivity contribution in [1.29, 1.82) is 0 Å². The number of rotatable bonds is 4. The lowest BCUT2D eigenvalue weighted by Crippen LogP contribution is -2.49. The Morgan fingerprint density at radius 3 is 2.26 bits per heavy atom. The van der Waals surface area contributed by atoms with Gasteiger partial charge in [-0.1, -0.05) is 30.3 Å². The van der Waals surface area contributed by atoms with Crippen LogP contribution in [0.4, 0.5) is 0 Å². The van der Waals surface area contributed by atoms with E-state index in [2.05, 4.69) is 4.90 Å². The predicted octanol–water partition coefficient (Wildman–Crippen LogP) is 0.297. The standard InChI is InChI=1S/C13H20N2O3S/c1-19(17,18)15-9-7-14(8-10-15)11-13(16)12-5-3-2-4-6-12/h2-6,13,16H,7-11H2,1H3/t13-/m0/s1. The van der Waals surface area contributed by atoms with Gasteiger partial charge in [0.15, 0.2) is 0 Å². The molecule has 106 valence electrons. The molecule has 0 saturated carbocycles. The molecule has 0 radical (unpaired) electrons. The van der Waals surface area contributed by atoms with Gasteiger partial charge in [0.05, 0.1) is 12.4 Å². The second-order valence-electron chi connectivity index (χ2n) is 4.89. The second kappa shape index (κ2) is 6.00. The van der Waals surface area contributed by atoms with Crippen LogP contribution >= 0.6 is 0 Å². The highest BCUT2D eigenvalue weighted by Crippen LogP contribution is 2.15. The van der Waals surface area contributed by atoms with Crippen molar-refractivity contribution in [2.24, 2.45) is 0 Å². The Bertz CT molecular complexity index is 496. The normalized spacial score (nSPS) is 20.3. The Labute approximate surface area is 114 Å². The Morgan fingerprint density at radius 2 is 1.74 bits per heavy atom. The Kier molecular flexibility index (Phi) is 4.57. The maximum Gasteiger partial charge on any atom is 0.211 e. The Morgan fingerprint density at radius 1 is 1.16 bits per heavy atom. The highest BCUT2D eigenvalue weighted by Gasteiger charge is 2.24. The summed E-state index contributed by atoms with van der Waals surface area (Å²) in [6.07, 6.45) is 0.715. The molecule has 0 bridgehead atoms. The topological polar surface area (TPSA) is 60.9 Å². The molecule has 1 atom stereocenters. The number of sulfonamides is 1. The van der Waals surface area contributed by atoms with Crippen LogP contribution in [0.5, 0.6) is 0 Å². The summed E-state index contributed by atoms with van der Waals surface area (Å²) in [6, 6.07) is 9.52. The van der Waals surface area contributed by atoms with Gasteiger partial charge in [0.1, 0.15) is 0 Å². The van der Waals surface area contributed by atoms with E-state index in [0.717, 1.165) is 5.56 Å². The van der Waals surface area contributed by atoms with Crippen LogP contribution < -0.4 is 0 Å². The van der Waals surface area contributed by atoms with Gasteiger partial charge in [0, 0.05) is 32.7 Å². The zero-order valence-corrected chi connectivity index (χ0v) is 11.9. The summed E-state index contributed by atoms with van der Waals surface area (Å²) in [4.78, 5) is 2.10. The van der Waals surface area contributed by atoms with Gasteiger partial charge in [-0.25, -0.2) is 8.42 Å². The molecule has 1 fully saturated rings. The maximum atomic E-state index is 11.4. The summed E-state index contributed by atoms with van der Waals surface area (Å²) in [5.41, 5.74) is 0.896. The zero-order chi connectivity index (χ0) is 13.9. The molecule has 1 saturated heterocycles. The lowest BCUT2D eigenvalue weighted by Gasteiger charge is -2.34. The van der Waals surface area contributed by atoms with Crippen molar-refractivity contribution in [1.82, 2.24) is 9.21 Å². The average molecular weight is 284 g/mol. The van der Waals surface area contributed by atoms with Gasteiger partial charge in [0.2, 0.25) is 10.0 Å². The zero-order valence-electron chi connectivity index (χ0n) is 11.1. The minimum atomic E-state index is -3.09. The molecule has 2 rings (SSSR count). The first-order valence-electron chi connectivity index (χ1n) is 6.37. The van der Waals surface area contributed by atoms with Crippen LogP contribution in [-0.2, 0) is 10.0 Å². The molecule has 5 nitrogen and oxygen atoms in total. The molecule has 6 heteroatoms. The van der Waals surface area contributed by atoms with Gasteiger partial charge >= 0.3 is 0 Å². The lowest BCUT2D eigenvalue weighted by molar-refractivity contribution is 0.0922. The van der Waals surface area contributed by atoms with Gasteiger partial charge in [0.25, 0.3) is 0 Å². The Hall–Kier alpha value is -0.950. The van der Waals surface area contributed by atoms with Crippen molar-refractivity contribution in [3.05, 3.63) is 35.9 Å².